The molecular weight excluding hydrogens is 175 g/mol. The van der Waals surface area contributed by atoms with Crippen molar-refractivity contribution >= 4 is 17.9 Å². The average molecular weight is 177 g/mol. The fourth-order valence-electron chi connectivity index (χ4n) is 0.652. The Hall–Kier alpha value is -1.46. The number of carbonyl (C=O) groups is 2. The Morgan fingerprint density at radius 2 is 1.83 bits per heavy atom. The topological polar surface area (TPSA) is 46.5 Å². The van der Waals surface area contributed by atoms with E-state index in [0.29, 0.717) is 12.3 Å². The standard InChI is InChI=1S/C6H2F3NO2/c7-6(8,9)3-1-2-10-5(12)4(3)11/h1-2H. The summed E-state index contributed by atoms with van der Waals surface area (Å²) in [6, 6.07) is 0. The summed E-state index contributed by atoms with van der Waals surface area (Å²) < 4.78 is 35.6. The van der Waals surface area contributed by atoms with Crippen LogP contribution in [0.25, 0.3) is 0 Å². The average Bonchev–Trinajstić information content (AvgIpc) is 1.92. The third-order valence-electron chi connectivity index (χ3n) is 1.18. The second kappa shape index (κ2) is 2.54. The maximum Gasteiger partial charge on any atom is 0.420 e. The number of allylic oxidation sites excluding steroid dienone is 1. The van der Waals surface area contributed by atoms with E-state index >= 15 is 0 Å². The Kier molecular flexibility index (Phi) is 1.83. The van der Waals surface area contributed by atoms with Crippen molar-refractivity contribution in [3.8, 4) is 0 Å². The van der Waals surface area contributed by atoms with Crippen LogP contribution in [0.5, 0.6) is 0 Å². The first-order valence-corrected chi connectivity index (χ1v) is 2.83. The monoisotopic (exact) mass is 177 g/mol. The van der Waals surface area contributed by atoms with Gasteiger partial charge in [-0.05, 0) is 6.08 Å². The second-order valence-corrected chi connectivity index (χ2v) is 1.99. The molecule has 0 saturated carbocycles. The van der Waals surface area contributed by atoms with Gasteiger partial charge in [-0.1, -0.05) is 0 Å². The Morgan fingerprint density at radius 1 is 1.25 bits per heavy atom. The molecule has 0 fully saturated rings. The lowest BCUT2D eigenvalue weighted by Gasteiger charge is -2.09. The minimum Gasteiger partial charge on any atom is -0.283 e. The Bertz CT molecular complexity index is 300. The minimum absolute atomic E-state index is 0.476. The highest BCUT2D eigenvalue weighted by atomic mass is 19.4. The molecule has 0 aromatic heterocycles. The number of alkyl halides is 3. The van der Waals surface area contributed by atoms with Crippen LogP contribution in [-0.4, -0.2) is 24.1 Å². The van der Waals surface area contributed by atoms with Gasteiger partial charge in [0.15, 0.2) is 0 Å². The maximum atomic E-state index is 11.9. The fourth-order valence-corrected chi connectivity index (χ4v) is 0.652. The van der Waals surface area contributed by atoms with Crippen molar-refractivity contribution in [1.82, 2.24) is 0 Å². The molecule has 0 aromatic carbocycles. The molecule has 3 nitrogen and oxygen atoms in total. The Morgan fingerprint density at radius 3 is 2.25 bits per heavy atom. The molecule has 0 N–H and O–H groups in total. The normalized spacial score (nSPS) is 18.1. The van der Waals surface area contributed by atoms with Gasteiger partial charge in [0.1, 0.15) is 5.57 Å². The highest BCUT2D eigenvalue weighted by Crippen LogP contribution is 2.27. The molecule has 1 aliphatic heterocycles. The first-order valence-electron chi connectivity index (χ1n) is 2.83. The summed E-state index contributed by atoms with van der Waals surface area (Å²) in [5, 5.41) is 0. The third-order valence-corrected chi connectivity index (χ3v) is 1.18. The number of halogens is 3. The lowest BCUT2D eigenvalue weighted by Crippen LogP contribution is -2.27. The zero-order valence-electron chi connectivity index (χ0n) is 5.55. The van der Waals surface area contributed by atoms with Crippen molar-refractivity contribution in [2.75, 3.05) is 0 Å². The van der Waals surface area contributed by atoms with E-state index in [9.17, 15) is 22.8 Å². The van der Waals surface area contributed by atoms with Gasteiger partial charge in [-0.3, -0.25) is 9.59 Å². The molecule has 64 valence electrons. The van der Waals surface area contributed by atoms with E-state index in [1.54, 1.807) is 0 Å². The van der Waals surface area contributed by atoms with E-state index in [4.69, 9.17) is 0 Å². The summed E-state index contributed by atoms with van der Waals surface area (Å²) in [7, 11) is 0. The van der Waals surface area contributed by atoms with Gasteiger partial charge in [0.25, 0.3) is 5.78 Å². The largest absolute Gasteiger partial charge is 0.420 e. The Labute approximate surface area is 64.6 Å². The number of dihydropyridines is 1. The summed E-state index contributed by atoms with van der Waals surface area (Å²) in [6.45, 7) is 0. The van der Waals surface area contributed by atoms with Crippen LogP contribution < -0.4 is 0 Å². The van der Waals surface area contributed by atoms with Gasteiger partial charge in [-0.25, -0.2) is 4.99 Å². The summed E-state index contributed by atoms with van der Waals surface area (Å²) in [6.07, 6.45) is -3.64. The van der Waals surface area contributed by atoms with E-state index in [-0.39, 0.29) is 0 Å². The van der Waals surface area contributed by atoms with Gasteiger partial charge in [0.2, 0.25) is 0 Å². The summed E-state index contributed by atoms with van der Waals surface area (Å²) in [4.78, 5) is 23.8. The predicted octanol–water partition coefficient (Wildman–Crippen LogP) is 0.655. The van der Waals surface area contributed by atoms with Crippen molar-refractivity contribution in [3.05, 3.63) is 11.6 Å². The van der Waals surface area contributed by atoms with Gasteiger partial charge >= 0.3 is 12.1 Å². The number of hydrogen-bond donors (Lipinski definition) is 0. The van der Waals surface area contributed by atoms with Gasteiger partial charge < -0.3 is 0 Å². The van der Waals surface area contributed by atoms with Crippen LogP contribution in [0, 0.1) is 0 Å². The second-order valence-electron chi connectivity index (χ2n) is 1.99. The highest BCUT2D eigenvalue weighted by molar-refractivity contribution is 6.46. The number of nitrogens with zero attached hydrogens (tertiary/aromatic N) is 1. The predicted molar refractivity (Wildman–Crippen MR) is 32.6 cm³/mol. The van der Waals surface area contributed by atoms with Crippen molar-refractivity contribution in [2.45, 2.75) is 6.18 Å². The molecule has 6 heteroatoms. The molecule has 0 spiro atoms. The SMILES string of the molecule is O=C1N=CC=C(C(F)(F)F)C1=O. The Balaban J connectivity index is 3.07. The first kappa shape index (κ1) is 8.63. The first-order chi connectivity index (χ1) is 5.43. The maximum absolute atomic E-state index is 11.9. The summed E-state index contributed by atoms with van der Waals surface area (Å²) in [5.41, 5.74) is -1.47. The van der Waals surface area contributed by atoms with Gasteiger partial charge in [-0.15, -0.1) is 0 Å². The number of hydrogen-bond acceptors (Lipinski definition) is 2. The summed E-state index contributed by atoms with van der Waals surface area (Å²) in [5.74, 6) is -2.99. The number of ketones is 1. The molecular formula is C6H2F3NO2. The van der Waals surface area contributed by atoms with E-state index in [1.165, 1.54) is 0 Å². The van der Waals surface area contributed by atoms with Crippen molar-refractivity contribution < 1.29 is 22.8 Å². The van der Waals surface area contributed by atoms with Gasteiger partial charge in [-0.2, -0.15) is 13.2 Å². The lowest BCUT2D eigenvalue weighted by molar-refractivity contribution is -0.141. The molecule has 1 rings (SSSR count). The molecule has 0 bridgehead atoms. The van der Waals surface area contributed by atoms with Gasteiger partial charge in [0.05, 0.1) is 0 Å². The van der Waals surface area contributed by atoms with Crippen LogP contribution >= 0.6 is 0 Å². The molecule has 0 atom stereocenters. The molecule has 1 aliphatic rings. The van der Waals surface area contributed by atoms with Crippen LogP contribution in [0.3, 0.4) is 0 Å². The van der Waals surface area contributed by atoms with Crippen molar-refractivity contribution in [2.24, 2.45) is 4.99 Å². The van der Waals surface area contributed by atoms with E-state index in [1.807, 2.05) is 0 Å². The molecule has 0 aliphatic carbocycles. The minimum atomic E-state index is -4.78. The van der Waals surface area contributed by atoms with E-state index < -0.39 is 23.4 Å². The molecule has 0 aromatic rings. The van der Waals surface area contributed by atoms with Crippen molar-refractivity contribution in [1.29, 1.82) is 0 Å². The van der Waals surface area contributed by atoms with Crippen molar-refractivity contribution in [3.63, 3.8) is 0 Å². The molecule has 1 heterocycles. The molecule has 1 amide bonds. The van der Waals surface area contributed by atoms with E-state index in [2.05, 4.69) is 4.99 Å². The quantitative estimate of drug-likeness (QED) is 0.510. The lowest BCUT2D eigenvalue weighted by atomic mass is 10.1. The number of rotatable bonds is 0. The summed E-state index contributed by atoms with van der Waals surface area (Å²) >= 11 is 0. The van der Waals surface area contributed by atoms with E-state index in [0.717, 1.165) is 0 Å². The van der Waals surface area contributed by atoms with Crippen LogP contribution in [0.2, 0.25) is 0 Å². The number of carbonyl (C=O) groups excluding carboxylic acids is 2. The smallest absolute Gasteiger partial charge is 0.283 e. The van der Waals surface area contributed by atoms with Crippen LogP contribution in [0.1, 0.15) is 0 Å². The number of amides is 1. The highest BCUT2D eigenvalue weighted by Gasteiger charge is 2.41. The number of Topliss-reactive ketones (excluding diaryl/α,β-unsaturated/α-hetero) is 1. The zero-order chi connectivity index (χ0) is 9.35. The van der Waals surface area contributed by atoms with Gasteiger partial charge in [0, 0.05) is 6.21 Å². The molecule has 12 heavy (non-hydrogen) atoms. The molecule has 0 unspecified atom stereocenters. The number of aliphatic imine (C=N–C) groups is 1. The van der Waals surface area contributed by atoms with Crippen LogP contribution in [0.15, 0.2) is 16.6 Å². The zero-order valence-corrected chi connectivity index (χ0v) is 5.55. The third kappa shape index (κ3) is 1.41. The molecule has 0 radical (unpaired) electrons. The molecule has 0 saturated heterocycles. The van der Waals surface area contributed by atoms with Crippen LogP contribution in [0.4, 0.5) is 13.2 Å². The fraction of sp³-hybridized carbons (Fsp3) is 0.167. The van der Waals surface area contributed by atoms with Crippen LogP contribution in [-0.2, 0) is 9.59 Å².